The van der Waals surface area contributed by atoms with Crippen molar-refractivity contribution in [2.75, 3.05) is 7.05 Å². The molecular weight excluding hydrogens is 276 g/mol. The number of carbonyl (C=O) groups is 2. The molecule has 2 aromatic rings. The number of hydrogen-bond donors (Lipinski definition) is 2. The maximum atomic E-state index is 11.4. The molecule has 0 aliphatic heterocycles. The van der Waals surface area contributed by atoms with Crippen LogP contribution in [0, 0.1) is 0 Å². The minimum Gasteiger partial charge on any atom is -0.477 e. The van der Waals surface area contributed by atoms with Crippen molar-refractivity contribution in [2.24, 2.45) is 0 Å². The van der Waals surface area contributed by atoms with Crippen LogP contribution in [0.15, 0.2) is 30.5 Å². The normalized spacial score (nSPS) is 10.7. The molecule has 20 heavy (non-hydrogen) atoms. The Morgan fingerprint density at radius 3 is 2.50 bits per heavy atom. The molecule has 1 heterocycles. The van der Waals surface area contributed by atoms with E-state index in [1.807, 2.05) is 18.2 Å². The fraction of sp³-hybridized carbons (Fsp3) is 0.0714. The van der Waals surface area contributed by atoms with Gasteiger partial charge in [-0.1, -0.05) is 18.2 Å². The third-order valence-corrected chi connectivity index (χ3v) is 3.50. The Bertz CT molecular complexity index is 659. The van der Waals surface area contributed by atoms with Crippen molar-refractivity contribution in [3.63, 3.8) is 0 Å². The summed E-state index contributed by atoms with van der Waals surface area (Å²) in [7, 11) is 1.58. The van der Waals surface area contributed by atoms with Gasteiger partial charge in [0, 0.05) is 12.6 Å². The average Bonchev–Trinajstić information content (AvgIpc) is 2.94. The molecule has 5 nitrogen and oxygen atoms in total. The second-order valence-corrected chi connectivity index (χ2v) is 4.96. The molecule has 0 saturated heterocycles. The van der Waals surface area contributed by atoms with Crippen molar-refractivity contribution in [2.45, 2.75) is 0 Å². The molecule has 1 aromatic carbocycles. The largest absolute Gasteiger partial charge is 0.477 e. The highest BCUT2D eigenvalue weighted by Gasteiger charge is 2.06. The molecule has 0 fully saturated rings. The Kier molecular flexibility index (Phi) is 4.27. The molecule has 0 spiro atoms. The molecule has 6 heteroatoms. The number of benzene rings is 1. The van der Waals surface area contributed by atoms with E-state index in [0.717, 1.165) is 16.9 Å². The predicted octanol–water partition coefficient (Wildman–Crippen LogP) is 2.37. The number of aromatic carboxylic acids is 1. The van der Waals surface area contributed by atoms with Crippen molar-refractivity contribution < 1.29 is 14.7 Å². The van der Waals surface area contributed by atoms with Gasteiger partial charge < -0.3 is 10.4 Å². The summed E-state index contributed by atoms with van der Waals surface area (Å²) < 4.78 is 0. The van der Waals surface area contributed by atoms with Gasteiger partial charge in [-0.3, -0.25) is 4.79 Å². The number of hydrogen-bond acceptors (Lipinski definition) is 4. The van der Waals surface area contributed by atoms with Crippen molar-refractivity contribution in [1.82, 2.24) is 10.3 Å². The van der Waals surface area contributed by atoms with Crippen LogP contribution < -0.4 is 5.32 Å². The van der Waals surface area contributed by atoms with Gasteiger partial charge in [0.15, 0.2) is 0 Å². The first-order valence-electron chi connectivity index (χ1n) is 5.79. The van der Waals surface area contributed by atoms with Crippen LogP contribution in [0.3, 0.4) is 0 Å². The van der Waals surface area contributed by atoms with Crippen LogP contribution in [0.2, 0.25) is 0 Å². The van der Waals surface area contributed by atoms with E-state index in [4.69, 9.17) is 5.11 Å². The molecular formula is C14H12N2O3S. The van der Waals surface area contributed by atoms with E-state index in [9.17, 15) is 9.59 Å². The molecule has 2 rings (SSSR count). The number of carboxylic acid groups (broad SMARTS) is 1. The number of rotatable bonds is 4. The lowest BCUT2D eigenvalue weighted by molar-refractivity contribution is 0.0701. The van der Waals surface area contributed by atoms with Crippen LogP contribution >= 0.6 is 11.3 Å². The van der Waals surface area contributed by atoms with Crippen molar-refractivity contribution >= 4 is 35.4 Å². The topological polar surface area (TPSA) is 79.3 Å². The molecule has 0 aliphatic rings. The number of nitrogens with one attached hydrogen (secondary N) is 1. The summed E-state index contributed by atoms with van der Waals surface area (Å²) in [5.74, 6) is -1.11. The monoisotopic (exact) mass is 288 g/mol. The van der Waals surface area contributed by atoms with Crippen LogP contribution in [-0.4, -0.2) is 29.0 Å². The van der Waals surface area contributed by atoms with E-state index >= 15 is 0 Å². The maximum absolute atomic E-state index is 11.4. The van der Waals surface area contributed by atoms with E-state index in [1.54, 1.807) is 25.3 Å². The van der Waals surface area contributed by atoms with Crippen molar-refractivity contribution in [1.29, 1.82) is 0 Å². The molecule has 0 saturated carbocycles. The van der Waals surface area contributed by atoms with Gasteiger partial charge in [0.1, 0.15) is 9.88 Å². The zero-order valence-electron chi connectivity index (χ0n) is 10.7. The van der Waals surface area contributed by atoms with E-state index < -0.39 is 5.97 Å². The maximum Gasteiger partial charge on any atom is 0.347 e. The Hall–Kier alpha value is -2.47. The first-order chi connectivity index (χ1) is 9.60. The van der Waals surface area contributed by atoms with Crippen LogP contribution in [0.1, 0.15) is 30.6 Å². The van der Waals surface area contributed by atoms with Crippen molar-refractivity contribution in [3.05, 3.63) is 51.5 Å². The Morgan fingerprint density at radius 1 is 1.25 bits per heavy atom. The second-order valence-electron chi connectivity index (χ2n) is 3.90. The summed E-state index contributed by atoms with van der Waals surface area (Å²) in [4.78, 5) is 26.3. The zero-order chi connectivity index (χ0) is 14.5. The van der Waals surface area contributed by atoms with Gasteiger partial charge in [0.2, 0.25) is 0 Å². The highest BCUT2D eigenvalue weighted by atomic mass is 32.1. The first kappa shape index (κ1) is 14.0. The lowest BCUT2D eigenvalue weighted by Crippen LogP contribution is -2.17. The van der Waals surface area contributed by atoms with Gasteiger partial charge in [-0.2, -0.15) is 0 Å². The SMILES string of the molecule is CNC(=O)c1ccc(/C=C/c2ncc(C(=O)O)s2)cc1. The fourth-order valence-corrected chi connectivity index (χ4v) is 2.18. The molecule has 0 radical (unpaired) electrons. The summed E-state index contributed by atoms with van der Waals surface area (Å²) in [6, 6.07) is 7.08. The fourth-order valence-electron chi connectivity index (χ4n) is 1.52. The summed E-state index contributed by atoms with van der Waals surface area (Å²) in [6.45, 7) is 0. The number of carbonyl (C=O) groups excluding carboxylic acids is 1. The zero-order valence-corrected chi connectivity index (χ0v) is 11.5. The number of aromatic nitrogens is 1. The smallest absolute Gasteiger partial charge is 0.347 e. The van der Waals surface area contributed by atoms with Crippen LogP contribution in [0.4, 0.5) is 0 Å². The second kappa shape index (κ2) is 6.12. The van der Waals surface area contributed by atoms with Gasteiger partial charge in [0.25, 0.3) is 5.91 Å². The van der Waals surface area contributed by atoms with E-state index in [0.29, 0.717) is 10.6 Å². The number of thiazole rings is 1. The summed E-state index contributed by atoms with van der Waals surface area (Å²) >= 11 is 1.11. The van der Waals surface area contributed by atoms with Crippen molar-refractivity contribution in [3.8, 4) is 0 Å². The molecule has 2 N–H and O–H groups in total. The molecule has 0 aliphatic carbocycles. The van der Waals surface area contributed by atoms with Gasteiger partial charge in [0.05, 0.1) is 6.20 Å². The predicted molar refractivity (Wildman–Crippen MR) is 77.8 cm³/mol. The van der Waals surface area contributed by atoms with Crippen LogP contribution in [0.5, 0.6) is 0 Å². The lowest BCUT2D eigenvalue weighted by atomic mass is 10.1. The number of nitrogens with zero attached hydrogens (tertiary/aromatic N) is 1. The summed E-state index contributed by atoms with van der Waals surface area (Å²) in [5.41, 5.74) is 1.50. The van der Waals surface area contributed by atoms with Gasteiger partial charge in [-0.05, 0) is 23.8 Å². The standard InChI is InChI=1S/C14H12N2O3S/c1-15-13(17)10-5-2-9(3-6-10)4-7-12-16-8-11(20-12)14(18)19/h2-8H,1H3,(H,15,17)(H,18,19)/b7-4+. The highest BCUT2D eigenvalue weighted by Crippen LogP contribution is 2.16. The number of carboxylic acids is 1. The third-order valence-electron chi connectivity index (χ3n) is 2.55. The quantitative estimate of drug-likeness (QED) is 0.905. The van der Waals surface area contributed by atoms with E-state index in [2.05, 4.69) is 10.3 Å². The first-order valence-corrected chi connectivity index (χ1v) is 6.61. The van der Waals surface area contributed by atoms with E-state index in [1.165, 1.54) is 6.20 Å². The average molecular weight is 288 g/mol. The summed E-state index contributed by atoms with van der Waals surface area (Å²) in [6.07, 6.45) is 4.89. The van der Waals surface area contributed by atoms with Gasteiger partial charge in [-0.15, -0.1) is 11.3 Å². The van der Waals surface area contributed by atoms with E-state index in [-0.39, 0.29) is 10.8 Å². The molecule has 0 unspecified atom stereocenters. The Balaban J connectivity index is 2.10. The Morgan fingerprint density at radius 2 is 1.95 bits per heavy atom. The molecule has 1 aromatic heterocycles. The minimum atomic E-state index is -0.975. The van der Waals surface area contributed by atoms with Gasteiger partial charge in [-0.25, -0.2) is 9.78 Å². The van der Waals surface area contributed by atoms with Crippen LogP contribution in [-0.2, 0) is 0 Å². The molecule has 0 bridgehead atoms. The lowest BCUT2D eigenvalue weighted by Gasteiger charge is -1.99. The molecule has 102 valence electrons. The third kappa shape index (κ3) is 3.30. The highest BCUT2D eigenvalue weighted by molar-refractivity contribution is 7.14. The van der Waals surface area contributed by atoms with Crippen LogP contribution in [0.25, 0.3) is 12.2 Å². The summed E-state index contributed by atoms with van der Waals surface area (Å²) in [5, 5.41) is 12.0. The minimum absolute atomic E-state index is 0.133. The van der Waals surface area contributed by atoms with Gasteiger partial charge >= 0.3 is 5.97 Å². The molecule has 1 amide bonds. The Labute approximate surface area is 119 Å². The number of amides is 1. The molecule has 0 atom stereocenters.